The van der Waals surface area contributed by atoms with Gasteiger partial charge in [0, 0.05) is 13.7 Å². The van der Waals surface area contributed by atoms with Crippen molar-refractivity contribution in [2.24, 2.45) is 5.14 Å². The van der Waals surface area contributed by atoms with Crippen molar-refractivity contribution in [3.63, 3.8) is 0 Å². The van der Waals surface area contributed by atoms with Crippen LogP contribution in [0.4, 0.5) is 11.4 Å². The molecule has 0 aliphatic rings. The smallest absolute Gasteiger partial charge is 0.296 e. The zero-order valence-corrected chi connectivity index (χ0v) is 12.5. The Morgan fingerprint density at radius 3 is 2.30 bits per heavy atom. The minimum atomic E-state index is -3.90. The molecular weight excluding hydrogens is 306 g/mol. The van der Waals surface area contributed by atoms with Gasteiger partial charge < -0.3 is 4.74 Å². The third-order valence-corrected chi connectivity index (χ3v) is 4.05. The number of hydrogen-bond acceptors (Lipinski definition) is 5. The average molecular weight is 323 g/mol. The summed E-state index contributed by atoms with van der Waals surface area (Å²) in [5.74, 6) is -0.0896. The molecule has 0 aliphatic heterocycles. The Labute approximate surface area is 118 Å². The highest BCUT2D eigenvalue weighted by Gasteiger charge is 2.11. The Hall–Kier alpha value is -1.36. The van der Waals surface area contributed by atoms with E-state index in [0.29, 0.717) is 13.0 Å². The zero-order chi connectivity index (χ0) is 15.2. The van der Waals surface area contributed by atoms with Crippen molar-refractivity contribution in [3.05, 3.63) is 24.3 Å². The molecular formula is C10H17N3O5S2. The van der Waals surface area contributed by atoms with Gasteiger partial charge in [0.25, 0.3) is 10.2 Å². The van der Waals surface area contributed by atoms with Crippen LogP contribution in [0.3, 0.4) is 0 Å². The van der Waals surface area contributed by atoms with E-state index in [4.69, 9.17) is 9.88 Å². The molecule has 1 aromatic rings. The molecule has 10 heteroatoms. The van der Waals surface area contributed by atoms with Crippen molar-refractivity contribution in [3.8, 4) is 0 Å². The molecule has 8 nitrogen and oxygen atoms in total. The second kappa shape index (κ2) is 6.88. The fourth-order valence-corrected chi connectivity index (χ4v) is 2.98. The second-order valence-corrected chi connectivity index (χ2v) is 7.13. The van der Waals surface area contributed by atoms with E-state index in [1.54, 1.807) is 0 Å². The summed E-state index contributed by atoms with van der Waals surface area (Å²) in [6.45, 7) is 0.341. The topological polar surface area (TPSA) is 128 Å². The van der Waals surface area contributed by atoms with Crippen LogP contribution in [0.25, 0.3) is 0 Å². The molecule has 0 saturated carbocycles. The maximum atomic E-state index is 11.7. The van der Waals surface area contributed by atoms with Crippen LogP contribution < -0.4 is 14.6 Å². The van der Waals surface area contributed by atoms with Gasteiger partial charge in [0.05, 0.1) is 17.1 Å². The summed E-state index contributed by atoms with van der Waals surface area (Å²) in [5.41, 5.74) is 0.417. The van der Waals surface area contributed by atoms with Crippen LogP contribution in [-0.4, -0.2) is 36.3 Å². The zero-order valence-electron chi connectivity index (χ0n) is 10.9. The van der Waals surface area contributed by atoms with Crippen LogP contribution >= 0.6 is 0 Å². The predicted octanol–water partition coefficient (Wildman–Crippen LogP) is 0.0802. The van der Waals surface area contributed by atoms with Crippen LogP contribution in [0.1, 0.15) is 6.42 Å². The number of anilines is 2. The lowest BCUT2D eigenvalue weighted by Crippen LogP contribution is -2.22. The number of benzene rings is 1. The predicted molar refractivity (Wildman–Crippen MR) is 77.1 cm³/mol. The molecule has 0 unspecified atom stereocenters. The molecule has 0 heterocycles. The summed E-state index contributed by atoms with van der Waals surface area (Å²) in [6.07, 6.45) is 0.362. The van der Waals surface area contributed by atoms with Gasteiger partial charge in [0.2, 0.25) is 10.0 Å². The minimum absolute atomic E-state index is 0.0896. The third kappa shape index (κ3) is 6.70. The maximum absolute atomic E-state index is 11.7. The standard InChI is InChI=1S/C10H17N3O5S2/c1-18-6-3-7-19(14,15)12-9-4-2-5-10(8-9)13-20(11,16)17/h2,4-5,8,12-13H,3,6-7H2,1H3,(H2,11,16,17). The van der Waals surface area contributed by atoms with Crippen molar-refractivity contribution in [1.29, 1.82) is 0 Å². The number of nitrogens with two attached hydrogens (primary N) is 1. The molecule has 1 rings (SSSR count). The highest BCUT2D eigenvalue weighted by Crippen LogP contribution is 2.17. The second-order valence-electron chi connectivity index (χ2n) is 4.00. The minimum Gasteiger partial charge on any atom is -0.385 e. The van der Waals surface area contributed by atoms with Gasteiger partial charge in [-0.3, -0.25) is 9.44 Å². The lowest BCUT2D eigenvalue weighted by Gasteiger charge is -2.09. The average Bonchev–Trinajstić information content (AvgIpc) is 2.26. The summed E-state index contributed by atoms with van der Waals surface area (Å²) in [4.78, 5) is 0. The lowest BCUT2D eigenvalue weighted by molar-refractivity contribution is 0.199. The van der Waals surface area contributed by atoms with Crippen molar-refractivity contribution in [1.82, 2.24) is 0 Å². The summed E-state index contributed by atoms with van der Waals surface area (Å²) in [6, 6.07) is 5.79. The van der Waals surface area contributed by atoms with Gasteiger partial charge in [-0.1, -0.05) is 6.07 Å². The van der Waals surface area contributed by atoms with Gasteiger partial charge in [-0.25, -0.2) is 13.6 Å². The number of rotatable bonds is 8. The third-order valence-electron chi connectivity index (χ3n) is 2.16. The first-order chi connectivity index (χ1) is 9.22. The first-order valence-corrected chi connectivity index (χ1v) is 8.82. The van der Waals surface area contributed by atoms with E-state index in [1.165, 1.54) is 31.4 Å². The van der Waals surface area contributed by atoms with Crippen LogP contribution in [0, 0.1) is 0 Å². The Morgan fingerprint density at radius 2 is 1.75 bits per heavy atom. The Bertz CT molecular complexity index is 643. The van der Waals surface area contributed by atoms with Gasteiger partial charge in [-0.15, -0.1) is 0 Å². The van der Waals surface area contributed by atoms with E-state index in [1.807, 2.05) is 0 Å². The maximum Gasteiger partial charge on any atom is 0.296 e. The molecule has 114 valence electrons. The molecule has 0 aromatic heterocycles. The van der Waals surface area contributed by atoms with Gasteiger partial charge in [-0.05, 0) is 24.6 Å². The largest absolute Gasteiger partial charge is 0.385 e. The highest BCUT2D eigenvalue weighted by atomic mass is 32.2. The molecule has 0 aliphatic carbocycles. The normalized spacial score (nSPS) is 12.1. The van der Waals surface area contributed by atoms with Gasteiger partial charge in [0.15, 0.2) is 0 Å². The molecule has 0 fully saturated rings. The van der Waals surface area contributed by atoms with Crippen molar-refractivity contribution in [2.75, 3.05) is 28.9 Å². The monoisotopic (exact) mass is 323 g/mol. The van der Waals surface area contributed by atoms with Crippen LogP contribution in [0.5, 0.6) is 0 Å². The first kappa shape index (κ1) is 16.7. The molecule has 0 amide bonds. The van der Waals surface area contributed by atoms with Gasteiger partial charge >= 0.3 is 0 Å². The molecule has 1 aromatic carbocycles. The van der Waals surface area contributed by atoms with E-state index in [9.17, 15) is 16.8 Å². The number of hydrogen-bond donors (Lipinski definition) is 3. The van der Waals surface area contributed by atoms with Crippen molar-refractivity contribution >= 4 is 31.6 Å². The quantitative estimate of drug-likeness (QED) is 0.584. The van der Waals surface area contributed by atoms with Crippen LogP contribution in [0.15, 0.2) is 24.3 Å². The number of nitrogens with one attached hydrogen (secondary N) is 2. The fourth-order valence-electron chi connectivity index (χ4n) is 1.43. The van der Waals surface area contributed by atoms with E-state index < -0.39 is 20.2 Å². The fraction of sp³-hybridized carbons (Fsp3) is 0.400. The van der Waals surface area contributed by atoms with E-state index in [2.05, 4.69) is 9.44 Å². The van der Waals surface area contributed by atoms with E-state index >= 15 is 0 Å². The van der Waals surface area contributed by atoms with Crippen LogP contribution in [0.2, 0.25) is 0 Å². The molecule has 0 saturated heterocycles. The first-order valence-electron chi connectivity index (χ1n) is 5.62. The SMILES string of the molecule is COCCCS(=O)(=O)Nc1cccc(NS(N)(=O)=O)c1. The summed E-state index contributed by atoms with van der Waals surface area (Å²) in [5, 5.41) is 4.83. The van der Waals surface area contributed by atoms with Crippen molar-refractivity contribution < 1.29 is 21.6 Å². The van der Waals surface area contributed by atoms with Gasteiger partial charge in [0.1, 0.15) is 0 Å². The summed E-state index contributed by atoms with van der Waals surface area (Å²) < 4.78 is 54.4. The van der Waals surface area contributed by atoms with E-state index in [0.717, 1.165) is 0 Å². The highest BCUT2D eigenvalue weighted by molar-refractivity contribution is 7.92. The molecule has 0 radical (unpaired) electrons. The molecule has 0 bridgehead atoms. The van der Waals surface area contributed by atoms with Crippen molar-refractivity contribution in [2.45, 2.75) is 6.42 Å². The summed E-state index contributed by atoms with van der Waals surface area (Å²) in [7, 11) is -5.92. The Morgan fingerprint density at radius 1 is 1.15 bits per heavy atom. The lowest BCUT2D eigenvalue weighted by atomic mass is 10.3. The Kier molecular flexibility index (Phi) is 5.74. The molecule has 0 spiro atoms. The number of methoxy groups -OCH3 is 1. The Balaban J connectivity index is 2.75. The number of sulfonamides is 1. The van der Waals surface area contributed by atoms with Crippen LogP contribution in [-0.2, 0) is 25.0 Å². The summed E-state index contributed by atoms with van der Waals surface area (Å²) >= 11 is 0. The van der Waals surface area contributed by atoms with E-state index in [-0.39, 0.29) is 17.1 Å². The molecule has 20 heavy (non-hydrogen) atoms. The number of ether oxygens (including phenoxy) is 1. The molecule has 4 N–H and O–H groups in total. The molecule has 0 atom stereocenters. The van der Waals surface area contributed by atoms with Gasteiger partial charge in [-0.2, -0.15) is 8.42 Å².